The Hall–Kier alpha value is -3.86. The molecule has 3 N–H and O–H groups in total. The van der Waals surface area contributed by atoms with Crippen molar-refractivity contribution in [3.63, 3.8) is 0 Å². The number of hydrogen-bond acceptors (Lipinski definition) is 4. The van der Waals surface area contributed by atoms with Gasteiger partial charge in [0.15, 0.2) is 0 Å². The summed E-state index contributed by atoms with van der Waals surface area (Å²) in [4.78, 5) is 12.4. The fourth-order valence-corrected chi connectivity index (χ4v) is 3.27. The number of amides is 1. The van der Waals surface area contributed by atoms with Crippen molar-refractivity contribution in [3.05, 3.63) is 84.4 Å². The zero-order valence-electron chi connectivity index (χ0n) is 16.0. The van der Waals surface area contributed by atoms with Crippen LogP contribution in [0.3, 0.4) is 0 Å². The maximum absolute atomic E-state index is 12.4. The lowest BCUT2D eigenvalue weighted by molar-refractivity contribution is -0.121. The summed E-state index contributed by atoms with van der Waals surface area (Å²) in [5.74, 6) is -0.154. The number of carbonyl (C=O) groups excluding carboxylic acids is 1. The van der Waals surface area contributed by atoms with E-state index in [9.17, 15) is 9.90 Å². The van der Waals surface area contributed by atoms with Crippen LogP contribution in [0.5, 0.6) is 5.75 Å². The Kier molecular flexibility index (Phi) is 5.12. The molecule has 0 aliphatic carbocycles. The fourth-order valence-electron chi connectivity index (χ4n) is 3.27. The van der Waals surface area contributed by atoms with E-state index >= 15 is 0 Å². The van der Waals surface area contributed by atoms with Crippen molar-refractivity contribution in [1.29, 1.82) is 0 Å². The van der Waals surface area contributed by atoms with Crippen LogP contribution in [0.2, 0.25) is 0 Å². The number of phenols is 1. The molecule has 0 saturated carbocycles. The molecule has 144 valence electrons. The van der Waals surface area contributed by atoms with E-state index in [1.807, 2.05) is 72.8 Å². The van der Waals surface area contributed by atoms with Gasteiger partial charge < -0.3 is 10.4 Å². The van der Waals surface area contributed by atoms with Gasteiger partial charge in [-0.15, -0.1) is 0 Å². The highest BCUT2D eigenvalue weighted by molar-refractivity contribution is 6.02. The third-order valence-corrected chi connectivity index (χ3v) is 4.84. The average Bonchev–Trinajstić information content (AvgIpc) is 2.75. The van der Waals surface area contributed by atoms with Crippen LogP contribution in [-0.4, -0.2) is 23.3 Å². The summed E-state index contributed by atoms with van der Waals surface area (Å²) < 4.78 is 0. The molecule has 4 rings (SSSR count). The summed E-state index contributed by atoms with van der Waals surface area (Å²) >= 11 is 0. The number of benzene rings is 4. The number of anilines is 1. The van der Waals surface area contributed by atoms with Gasteiger partial charge in [0.1, 0.15) is 11.8 Å². The van der Waals surface area contributed by atoms with Crippen molar-refractivity contribution >= 4 is 39.4 Å². The molecule has 1 atom stereocenters. The van der Waals surface area contributed by atoms with Crippen molar-refractivity contribution in [2.24, 2.45) is 5.10 Å². The molecule has 1 amide bonds. The Morgan fingerprint density at radius 2 is 1.62 bits per heavy atom. The van der Waals surface area contributed by atoms with E-state index in [1.165, 1.54) is 6.21 Å². The number of rotatable bonds is 5. The molecule has 0 aromatic heterocycles. The average molecular weight is 383 g/mol. The minimum Gasteiger partial charge on any atom is -0.507 e. The highest BCUT2D eigenvalue weighted by Gasteiger charge is 2.12. The van der Waals surface area contributed by atoms with E-state index in [1.54, 1.807) is 13.0 Å². The SMILES string of the molecule is CC(Nc1ccc2ccccc2c1)C(=O)NN=Cc1c(O)ccc2ccccc12. The van der Waals surface area contributed by atoms with Crippen LogP contribution in [-0.2, 0) is 4.79 Å². The van der Waals surface area contributed by atoms with E-state index < -0.39 is 6.04 Å². The van der Waals surface area contributed by atoms with Crippen LogP contribution >= 0.6 is 0 Å². The topological polar surface area (TPSA) is 73.7 Å². The molecule has 29 heavy (non-hydrogen) atoms. The number of nitrogens with zero attached hydrogens (tertiary/aromatic N) is 1. The van der Waals surface area contributed by atoms with E-state index in [2.05, 4.69) is 15.8 Å². The third kappa shape index (κ3) is 4.04. The second-order valence-corrected chi connectivity index (χ2v) is 6.88. The number of phenolic OH excluding ortho intramolecular Hbond substituents is 1. The number of hydrazone groups is 1. The number of aromatic hydroxyl groups is 1. The standard InChI is InChI=1S/C24H21N3O2/c1-16(26-20-12-10-17-6-2-3-8-19(17)14-20)24(29)27-25-15-22-21-9-5-4-7-18(21)11-13-23(22)28/h2-16,26,28H,1H3,(H,27,29). The van der Waals surface area contributed by atoms with Crippen molar-refractivity contribution in [2.45, 2.75) is 13.0 Å². The van der Waals surface area contributed by atoms with Crippen molar-refractivity contribution in [2.75, 3.05) is 5.32 Å². The van der Waals surface area contributed by atoms with Crippen molar-refractivity contribution in [1.82, 2.24) is 5.43 Å². The molecule has 0 bridgehead atoms. The maximum Gasteiger partial charge on any atom is 0.262 e. The Morgan fingerprint density at radius 3 is 2.45 bits per heavy atom. The minimum atomic E-state index is -0.477. The largest absolute Gasteiger partial charge is 0.507 e. The number of fused-ring (bicyclic) bond motifs is 2. The lowest BCUT2D eigenvalue weighted by Gasteiger charge is -2.14. The molecule has 0 spiro atoms. The monoisotopic (exact) mass is 383 g/mol. The molecule has 4 aromatic carbocycles. The lowest BCUT2D eigenvalue weighted by Crippen LogP contribution is -2.34. The summed E-state index contributed by atoms with van der Waals surface area (Å²) in [7, 11) is 0. The first-order chi connectivity index (χ1) is 14.1. The van der Waals surface area contributed by atoms with Gasteiger partial charge in [-0.2, -0.15) is 5.10 Å². The molecule has 0 aliphatic heterocycles. The van der Waals surface area contributed by atoms with Crippen LogP contribution in [0, 0.1) is 0 Å². The van der Waals surface area contributed by atoms with Gasteiger partial charge in [-0.3, -0.25) is 4.79 Å². The third-order valence-electron chi connectivity index (χ3n) is 4.84. The lowest BCUT2D eigenvalue weighted by atomic mass is 10.0. The zero-order chi connectivity index (χ0) is 20.2. The smallest absolute Gasteiger partial charge is 0.262 e. The van der Waals surface area contributed by atoms with E-state index in [4.69, 9.17) is 0 Å². The Bertz CT molecular complexity index is 1220. The van der Waals surface area contributed by atoms with Gasteiger partial charge in [0.25, 0.3) is 5.91 Å². The van der Waals surface area contributed by atoms with Crippen LogP contribution in [0.25, 0.3) is 21.5 Å². The van der Waals surface area contributed by atoms with Gasteiger partial charge in [-0.05, 0) is 46.7 Å². The van der Waals surface area contributed by atoms with Crippen LogP contribution in [0.1, 0.15) is 12.5 Å². The van der Waals surface area contributed by atoms with E-state index in [0.717, 1.165) is 27.2 Å². The summed E-state index contributed by atoms with van der Waals surface area (Å²) in [6.45, 7) is 1.77. The van der Waals surface area contributed by atoms with Gasteiger partial charge in [-0.25, -0.2) is 5.43 Å². The Labute approximate surface area is 168 Å². The zero-order valence-corrected chi connectivity index (χ0v) is 16.0. The van der Waals surface area contributed by atoms with Gasteiger partial charge in [0.05, 0.1) is 6.21 Å². The summed E-state index contributed by atoms with van der Waals surface area (Å²) in [5.41, 5.74) is 3.97. The number of carbonyl (C=O) groups is 1. The second-order valence-electron chi connectivity index (χ2n) is 6.88. The second kappa shape index (κ2) is 8.02. The molecule has 0 radical (unpaired) electrons. The van der Waals surface area contributed by atoms with Crippen LogP contribution in [0.15, 0.2) is 84.0 Å². The molecule has 5 nitrogen and oxygen atoms in total. The van der Waals surface area contributed by atoms with Gasteiger partial charge in [0.2, 0.25) is 0 Å². The van der Waals surface area contributed by atoms with E-state index in [-0.39, 0.29) is 11.7 Å². The number of nitrogens with one attached hydrogen (secondary N) is 2. The predicted octanol–water partition coefficient (Wildman–Crippen LogP) is 4.65. The summed E-state index contributed by atoms with van der Waals surface area (Å²) in [6.07, 6.45) is 1.47. The molecular weight excluding hydrogens is 362 g/mol. The molecular formula is C24H21N3O2. The Balaban J connectivity index is 1.44. The highest BCUT2D eigenvalue weighted by atomic mass is 16.3. The summed E-state index contributed by atoms with van der Waals surface area (Å²) in [5, 5.41) is 21.5. The van der Waals surface area contributed by atoms with Crippen LogP contribution < -0.4 is 10.7 Å². The highest BCUT2D eigenvalue weighted by Crippen LogP contribution is 2.25. The molecule has 0 aliphatic rings. The molecule has 0 saturated heterocycles. The molecule has 0 fully saturated rings. The maximum atomic E-state index is 12.4. The first kappa shape index (κ1) is 18.5. The quantitative estimate of drug-likeness (QED) is 0.347. The first-order valence-corrected chi connectivity index (χ1v) is 9.41. The predicted molar refractivity (Wildman–Crippen MR) is 118 cm³/mol. The fraction of sp³-hybridized carbons (Fsp3) is 0.0833. The van der Waals surface area contributed by atoms with E-state index in [0.29, 0.717) is 5.56 Å². The van der Waals surface area contributed by atoms with Crippen LogP contribution in [0.4, 0.5) is 5.69 Å². The normalized spacial score (nSPS) is 12.3. The van der Waals surface area contributed by atoms with Gasteiger partial charge in [0, 0.05) is 11.3 Å². The summed E-state index contributed by atoms with van der Waals surface area (Å²) in [6, 6.07) is 24.7. The number of hydrogen-bond donors (Lipinski definition) is 3. The molecule has 0 heterocycles. The molecule has 5 heteroatoms. The van der Waals surface area contributed by atoms with Gasteiger partial charge >= 0.3 is 0 Å². The Morgan fingerprint density at radius 1 is 0.931 bits per heavy atom. The first-order valence-electron chi connectivity index (χ1n) is 9.41. The molecule has 1 unspecified atom stereocenters. The van der Waals surface area contributed by atoms with Gasteiger partial charge in [-0.1, -0.05) is 60.7 Å². The van der Waals surface area contributed by atoms with Crippen molar-refractivity contribution < 1.29 is 9.90 Å². The minimum absolute atomic E-state index is 0.115. The van der Waals surface area contributed by atoms with Crippen molar-refractivity contribution in [3.8, 4) is 5.75 Å². The molecule has 4 aromatic rings.